The molecule has 6 nitrogen and oxygen atoms in total. The first-order valence-corrected chi connectivity index (χ1v) is 4.14. The molecular weight excluding hydrogens is 188 g/mol. The van der Waals surface area contributed by atoms with Crippen LogP contribution in [-0.2, 0) is 6.42 Å². The van der Waals surface area contributed by atoms with Crippen LogP contribution in [0.1, 0.15) is 29.4 Å². The van der Waals surface area contributed by atoms with Gasteiger partial charge in [-0.05, 0) is 6.42 Å². The van der Waals surface area contributed by atoms with Crippen LogP contribution in [0.4, 0.5) is 5.69 Å². The molecule has 0 atom stereocenters. The number of nitrogens with zero attached hydrogens (tertiary/aromatic N) is 1. The molecule has 0 unspecified atom stereocenters. The minimum absolute atomic E-state index is 0.383. The van der Waals surface area contributed by atoms with Crippen LogP contribution >= 0.6 is 0 Å². The zero-order chi connectivity index (χ0) is 10.7. The van der Waals surface area contributed by atoms with Gasteiger partial charge >= 0.3 is 0 Å². The van der Waals surface area contributed by atoms with Gasteiger partial charge < -0.3 is 14.9 Å². The van der Waals surface area contributed by atoms with Crippen molar-refractivity contribution in [3.05, 3.63) is 27.6 Å². The second-order valence-electron chi connectivity index (χ2n) is 2.83. The number of aromatic nitrogens is 1. The van der Waals surface area contributed by atoms with Crippen molar-refractivity contribution in [3.8, 4) is 0 Å². The van der Waals surface area contributed by atoms with Crippen LogP contribution in [0.5, 0.6) is 0 Å². The lowest BCUT2D eigenvalue weighted by atomic mass is 10.1. The molecule has 0 saturated carbocycles. The third kappa shape index (κ3) is 1.73. The van der Waals surface area contributed by atoms with Crippen LogP contribution in [0.15, 0.2) is 6.20 Å². The van der Waals surface area contributed by atoms with Gasteiger partial charge in [-0.25, -0.2) is 0 Å². The Morgan fingerprint density at radius 3 is 2.71 bits per heavy atom. The molecule has 76 valence electrons. The molecule has 1 N–H and O–H groups in total. The highest BCUT2D eigenvalue weighted by Crippen LogP contribution is 2.23. The van der Waals surface area contributed by atoms with Gasteiger partial charge in [0.15, 0.2) is 0 Å². The van der Waals surface area contributed by atoms with Gasteiger partial charge in [-0.2, -0.15) is 0 Å². The summed E-state index contributed by atoms with van der Waals surface area (Å²) < 4.78 is 0. The third-order valence-electron chi connectivity index (χ3n) is 1.84. The van der Waals surface area contributed by atoms with Crippen molar-refractivity contribution in [2.24, 2.45) is 0 Å². The van der Waals surface area contributed by atoms with Crippen molar-refractivity contribution in [2.45, 2.75) is 19.8 Å². The van der Waals surface area contributed by atoms with Crippen molar-refractivity contribution in [2.75, 3.05) is 0 Å². The van der Waals surface area contributed by atoms with Gasteiger partial charge in [-0.1, -0.05) is 13.3 Å². The number of carboxylic acids is 1. The van der Waals surface area contributed by atoms with Gasteiger partial charge in [-0.15, -0.1) is 0 Å². The number of H-pyrrole nitrogens is 1. The number of aryl methyl sites for hydroxylation is 1. The van der Waals surface area contributed by atoms with Crippen LogP contribution in [-0.4, -0.2) is 15.9 Å². The molecule has 6 heteroatoms. The lowest BCUT2D eigenvalue weighted by Crippen LogP contribution is -2.23. The minimum atomic E-state index is -1.56. The quantitative estimate of drug-likeness (QED) is 0.551. The molecule has 0 aliphatic heterocycles. The molecule has 0 radical (unpaired) electrons. The number of nitrogens with one attached hydrogen (secondary N) is 1. The molecule has 0 amide bonds. The number of rotatable bonds is 4. The van der Waals surface area contributed by atoms with Gasteiger partial charge in [0.05, 0.1) is 10.9 Å². The van der Waals surface area contributed by atoms with Gasteiger partial charge in [0.25, 0.3) is 5.69 Å². The molecule has 14 heavy (non-hydrogen) atoms. The van der Waals surface area contributed by atoms with E-state index < -0.39 is 16.6 Å². The monoisotopic (exact) mass is 197 g/mol. The zero-order valence-electron chi connectivity index (χ0n) is 7.57. The SMILES string of the molecule is CCCc1c[nH]c(C(=O)[O-])c1[N+](=O)[O-]. The third-order valence-corrected chi connectivity index (χ3v) is 1.84. The van der Waals surface area contributed by atoms with E-state index in [1.54, 1.807) is 0 Å². The Bertz CT molecular complexity index is 369. The van der Waals surface area contributed by atoms with E-state index in [2.05, 4.69) is 4.98 Å². The summed E-state index contributed by atoms with van der Waals surface area (Å²) in [4.78, 5) is 22.7. The van der Waals surface area contributed by atoms with Crippen LogP contribution in [0.2, 0.25) is 0 Å². The van der Waals surface area contributed by atoms with E-state index in [0.29, 0.717) is 18.4 Å². The molecule has 1 rings (SSSR count). The summed E-state index contributed by atoms with van der Waals surface area (Å²) in [6.07, 6.45) is 2.53. The Hall–Kier alpha value is -1.85. The van der Waals surface area contributed by atoms with Gasteiger partial charge in [-0.3, -0.25) is 10.1 Å². The van der Waals surface area contributed by atoms with Crippen molar-refractivity contribution in [3.63, 3.8) is 0 Å². The predicted octanol–water partition coefficient (Wildman–Crippen LogP) is 0.239. The summed E-state index contributed by atoms with van der Waals surface area (Å²) in [6, 6.07) is 0. The number of hydrogen-bond acceptors (Lipinski definition) is 4. The van der Waals surface area contributed by atoms with E-state index in [1.165, 1.54) is 6.20 Å². The Morgan fingerprint density at radius 2 is 2.29 bits per heavy atom. The number of carbonyl (C=O) groups excluding carboxylic acids is 1. The summed E-state index contributed by atoms with van der Waals surface area (Å²) in [5, 5.41) is 21.1. The van der Waals surface area contributed by atoms with E-state index in [0.717, 1.165) is 0 Å². The van der Waals surface area contributed by atoms with Crippen molar-refractivity contribution in [1.29, 1.82) is 0 Å². The summed E-state index contributed by atoms with van der Waals surface area (Å²) in [7, 11) is 0. The molecule has 0 bridgehead atoms. The number of carbonyl (C=O) groups is 1. The second kappa shape index (κ2) is 3.91. The highest BCUT2D eigenvalue weighted by molar-refractivity contribution is 5.89. The van der Waals surface area contributed by atoms with E-state index in [-0.39, 0.29) is 5.69 Å². The first-order chi connectivity index (χ1) is 6.57. The van der Waals surface area contributed by atoms with E-state index in [1.807, 2.05) is 6.92 Å². The highest BCUT2D eigenvalue weighted by atomic mass is 16.6. The topological polar surface area (TPSA) is 99.1 Å². The molecule has 1 aromatic heterocycles. The number of carboxylic acid groups (broad SMARTS) is 1. The summed E-state index contributed by atoms with van der Waals surface area (Å²) in [5.41, 5.74) is -0.443. The van der Waals surface area contributed by atoms with Crippen LogP contribution in [0, 0.1) is 10.1 Å². The molecule has 0 fully saturated rings. The van der Waals surface area contributed by atoms with Gasteiger partial charge in [0, 0.05) is 11.8 Å². The average molecular weight is 197 g/mol. The molecule has 0 aliphatic carbocycles. The largest absolute Gasteiger partial charge is 0.543 e. The second-order valence-corrected chi connectivity index (χ2v) is 2.83. The molecular formula is C8H9N2O4-. The summed E-state index contributed by atoms with van der Waals surface area (Å²) in [6.45, 7) is 1.86. The van der Waals surface area contributed by atoms with Crippen LogP contribution in [0.25, 0.3) is 0 Å². The molecule has 0 spiro atoms. The van der Waals surface area contributed by atoms with Gasteiger partial charge in [0.2, 0.25) is 0 Å². The highest BCUT2D eigenvalue weighted by Gasteiger charge is 2.21. The fraction of sp³-hybridized carbons (Fsp3) is 0.375. The summed E-state index contributed by atoms with van der Waals surface area (Å²) >= 11 is 0. The smallest absolute Gasteiger partial charge is 0.299 e. The van der Waals surface area contributed by atoms with E-state index in [4.69, 9.17) is 0 Å². The molecule has 1 heterocycles. The van der Waals surface area contributed by atoms with Crippen molar-refractivity contribution >= 4 is 11.7 Å². The Labute approximate surface area is 79.7 Å². The van der Waals surface area contributed by atoms with E-state index in [9.17, 15) is 20.0 Å². The zero-order valence-corrected chi connectivity index (χ0v) is 7.57. The number of aromatic carboxylic acids is 1. The van der Waals surface area contributed by atoms with Crippen molar-refractivity contribution < 1.29 is 14.8 Å². The average Bonchev–Trinajstić information content (AvgIpc) is 2.48. The lowest BCUT2D eigenvalue weighted by molar-refractivity contribution is -0.386. The Balaban J connectivity index is 3.20. The molecule has 0 aliphatic rings. The lowest BCUT2D eigenvalue weighted by Gasteiger charge is -1.98. The standard InChI is InChI=1S/C8H10N2O4/c1-2-3-5-4-9-6(8(11)12)7(5)10(13)14/h4,9H,2-3H2,1H3,(H,11,12)/p-1. The number of aromatic amines is 1. The maximum Gasteiger partial charge on any atom is 0.299 e. The normalized spacial score (nSPS) is 10.1. The van der Waals surface area contributed by atoms with Crippen molar-refractivity contribution in [1.82, 2.24) is 4.98 Å². The molecule has 0 aromatic carbocycles. The van der Waals surface area contributed by atoms with Crippen LogP contribution < -0.4 is 5.11 Å². The van der Waals surface area contributed by atoms with E-state index >= 15 is 0 Å². The predicted molar refractivity (Wildman–Crippen MR) is 45.8 cm³/mol. The van der Waals surface area contributed by atoms with Crippen LogP contribution in [0.3, 0.4) is 0 Å². The first kappa shape index (κ1) is 10.2. The fourth-order valence-corrected chi connectivity index (χ4v) is 1.28. The molecule has 1 aromatic rings. The number of hydrogen-bond donors (Lipinski definition) is 1. The maximum atomic E-state index is 10.6. The Kier molecular flexibility index (Phi) is 2.85. The Morgan fingerprint density at radius 1 is 1.64 bits per heavy atom. The first-order valence-electron chi connectivity index (χ1n) is 4.14. The fourth-order valence-electron chi connectivity index (χ4n) is 1.28. The maximum absolute atomic E-state index is 10.6. The summed E-state index contributed by atoms with van der Waals surface area (Å²) in [5.74, 6) is -1.56. The minimum Gasteiger partial charge on any atom is -0.543 e. The number of nitro groups is 1. The van der Waals surface area contributed by atoms with Gasteiger partial charge in [0.1, 0.15) is 5.69 Å². The molecule has 0 saturated heterocycles.